The molecule has 1 aromatic carbocycles. The van der Waals surface area contributed by atoms with Crippen LogP contribution in [0, 0.1) is 5.92 Å². The third kappa shape index (κ3) is 4.55. The van der Waals surface area contributed by atoms with E-state index in [4.69, 9.17) is 0 Å². The highest BCUT2D eigenvalue weighted by molar-refractivity contribution is 8.01. The van der Waals surface area contributed by atoms with Gasteiger partial charge in [-0.25, -0.2) is 8.42 Å². The third-order valence-electron chi connectivity index (χ3n) is 4.68. The van der Waals surface area contributed by atoms with Crippen molar-refractivity contribution in [2.75, 3.05) is 23.4 Å². The lowest BCUT2D eigenvalue weighted by molar-refractivity contribution is -0.115. The lowest BCUT2D eigenvalue weighted by Crippen LogP contribution is -2.30. The Hall–Kier alpha value is -1.54. The van der Waals surface area contributed by atoms with Crippen molar-refractivity contribution in [1.29, 1.82) is 0 Å². The molecule has 1 saturated heterocycles. The summed E-state index contributed by atoms with van der Waals surface area (Å²) >= 11 is 1.48. The van der Waals surface area contributed by atoms with Crippen molar-refractivity contribution >= 4 is 39.1 Å². The van der Waals surface area contributed by atoms with Crippen LogP contribution in [-0.2, 0) is 14.6 Å². The second-order valence-electron chi connectivity index (χ2n) is 6.60. The second-order valence-corrected chi connectivity index (χ2v) is 10.3. The van der Waals surface area contributed by atoms with Gasteiger partial charge in [-0.3, -0.25) is 9.59 Å². The van der Waals surface area contributed by atoms with Gasteiger partial charge in [0.25, 0.3) is 5.91 Å². The van der Waals surface area contributed by atoms with E-state index in [0.717, 1.165) is 11.3 Å². The summed E-state index contributed by atoms with van der Waals surface area (Å²) in [7, 11) is -2.84. The van der Waals surface area contributed by atoms with Gasteiger partial charge in [0.1, 0.15) is 9.84 Å². The Labute approximate surface area is 152 Å². The minimum Gasteiger partial charge on any atom is -0.352 e. The zero-order valence-corrected chi connectivity index (χ0v) is 15.7. The number of carbonyl (C=O) groups is 2. The van der Waals surface area contributed by atoms with Crippen molar-refractivity contribution in [3.63, 3.8) is 0 Å². The Morgan fingerprint density at radius 2 is 2.04 bits per heavy atom. The predicted octanol–water partition coefficient (Wildman–Crippen LogP) is 2.06. The van der Waals surface area contributed by atoms with Crippen molar-refractivity contribution in [3.05, 3.63) is 23.8 Å². The van der Waals surface area contributed by atoms with Gasteiger partial charge in [-0.15, -0.1) is 11.8 Å². The van der Waals surface area contributed by atoms with Gasteiger partial charge in [-0.05, 0) is 50.3 Å². The molecule has 2 N–H and O–H groups in total. The molecule has 6 nitrogen and oxygen atoms in total. The standard InChI is InChI=1S/C17H22N2O4S2/c1-11-16(20)19-14-10-13(2-3-15(14)24-11)17(21)18-7-4-12-5-8-25(22,23)9-6-12/h2-3,10-12H,4-9H2,1H3,(H,18,21)(H,19,20)/t11-/m1/s1. The summed E-state index contributed by atoms with van der Waals surface area (Å²) in [5.41, 5.74) is 1.19. The van der Waals surface area contributed by atoms with E-state index >= 15 is 0 Å². The molecule has 136 valence electrons. The highest BCUT2D eigenvalue weighted by atomic mass is 32.2. The number of rotatable bonds is 4. The molecule has 25 heavy (non-hydrogen) atoms. The van der Waals surface area contributed by atoms with Gasteiger partial charge in [0.05, 0.1) is 22.4 Å². The van der Waals surface area contributed by atoms with Gasteiger partial charge >= 0.3 is 0 Å². The van der Waals surface area contributed by atoms with Crippen LogP contribution in [0.2, 0.25) is 0 Å². The number of hydrogen-bond donors (Lipinski definition) is 2. The molecule has 0 aliphatic carbocycles. The molecule has 0 saturated carbocycles. The quantitative estimate of drug-likeness (QED) is 0.832. The zero-order valence-electron chi connectivity index (χ0n) is 14.1. The van der Waals surface area contributed by atoms with Crippen molar-refractivity contribution in [2.45, 2.75) is 36.3 Å². The van der Waals surface area contributed by atoms with E-state index < -0.39 is 9.84 Å². The lowest BCUT2D eigenvalue weighted by atomic mass is 9.99. The van der Waals surface area contributed by atoms with E-state index in [-0.39, 0.29) is 28.6 Å². The van der Waals surface area contributed by atoms with Crippen molar-refractivity contribution in [2.24, 2.45) is 5.92 Å². The highest BCUT2D eigenvalue weighted by Crippen LogP contribution is 2.35. The Morgan fingerprint density at radius 3 is 2.76 bits per heavy atom. The second kappa shape index (κ2) is 7.37. The fraction of sp³-hybridized carbons (Fsp3) is 0.529. The van der Waals surface area contributed by atoms with E-state index in [1.807, 2.05) is 13.0 Å². The van der Waals surface area contributed by atoms with Gasteiger partial charge < -0.3 is 10.6 Å². The molecule has 0 unspecified atom stereocenters. The third-order valence-corrected chi connectivity index (χ3v) is 7.58. The van der Waals surface area contributed by atoms with Crippen LogP contribution in [0.1, 0.15) is 36.5 Å². The number of fused-ring (bicyclic) bond motifs is 1. The van der Waals surface area contributed by atoms with E-state index in [0.29, 0.717) is 36.6 Å². The monoisotopic (exact) mass is 382 g/mol. The molecule has 2 heterocycles. The van der Waals surface area contributed by atoms with E-state index in [1.54, 1.807) is 12.1 Å². The van der Waals surface area contributed by atoms with Crippen LogP contribution in [0.25, 0.3) is 0 Å². The normalized spacial score (nSPS) is 22.8. The average molecular weight is 383 g/mol. The Bertz CT molecular complexity index is 778. The molecule has 8 heteroatoms. The highest BCUT2D eigenvalue weighted by Gasteiger charge is 2.25. The molecule has 1 fully saturated rings. The van der Waals surface area contributed by atoms with Crippen LogP contribution in [0.3, 0.4) is 0 Å². The summed E-state index contributed by atoms with van der Waals surface area (Å²) in [6.45, 7) is 2.37. The van der Waals surface area contributed by atoms with Crippen LogP contribution in [0.5, 0.6) is 0 Å². The number of sulfone groups is 1. The number of amides is 2. The molecule has 3 rings (SSSR count). The largest absolute Gasteiger partial charge is 0.352 e. The SMILES string of the molecule is C[C@H]1Sc2ccc(C(=O)NCCC3CCS(=O)(=O)CC3)cc2NC1=O. The molecule has 0 radical (unpaired) electrons. The van der Waals surface area contributed by atoms with Gasteiger partial charge in [-0.2, -0.15) is 0 Å². The topological polar surface area (TPSA) is 92.3 Å². The van der Waals surface area contributed by atoms with E-state index in [9.17, 15) is 18.0 Å². The number of anilines is 1. The van der Waals surface area contributed by atoms with Crippen LogP contribution in [-0.4, -0.2) is 43.5 Å². The maximum Gasteiger partial charge on any atom is 0.251 e. The van der Waals surface area contributed by atoms with Crippen molar-refractivity contribution < 1.29 is 18.0 Å². The predicted molar refractivity (Wildman–Crippen MR) is 98.7 cm³/mol. The molecular formula is C17H22N2O4S2. The molecule has 2 aliphatic rings. The van der Waals surface area contributed by atoms with Gasteiger partial charge in [0.15, 0.2) is 0 Å². The molecule has 1 atom stereocenters. The summed E-state index contributed by atoms with van der Waals surface area (Å²) in [4.78, 5) is 25.0. The van der Waals surface area contributed by atoms with Crippen molar-refractivity contribution in [1.82, 2.24) is 5.32 Å². The van der Waals surface area contributed by atoms with Crippen LogP contribution >= 0.6 is 11.8 Å². The minimum absolute atomic E-state index is 0.0534. The Morgan fingerprint density at radius 1 is 1.32 bits per heavy atom. The maximum atomic E-state index is 12.3. The van der Waals surface area contributed by atoms with Crippen LogP contribution < -0.4 is 10.6 Å². The summed E-state index contributed by atoms with van der Waals surface area (Å²) in [6.07, 6.45) is 2.15. The van der Waals surface area contributed by atoms with Crippen LogP contribution in [0.4, 0.5) is 5.69 Å². The molecule has 0 aromatic heterocycles. The molecule has 0 bridgehead atoms. The molecule has 2 amide bonds. The summed E-state index contributed by atoms with van der Waals surface area (Å²) in [5.74, 6) is 0.634. The van der Waals surface area contributed by atoms with Gasteiger partial charge in [0.2, 0.25) is 5.91 Å². The number of hydrogen-bond acceptors (Lipinski definition) is 5. The van der Waals surface area contributed by atoms with E-state index in [1.165, 1.54) is 11.8 Å². The zero-order chi connectivity index (χ0) is 18.0. The van der Waals surface area contributed by atoms with Gasteiger partial charge in [0, 0.05) is 17.0 Å². The van der Waals surface area contributed by atoms with Gasteiger partial charge in [-0.1, -0.05) is 0 Å². The summed E-state index contributed by atoms with van der Waals surface area (Å²) in [6, 6.07) is 5.32. The number of carbonyl (C=O) groups excluding carboxylic acids is 2. The maximum absolute atomic E-state index is 12.3. The lowest BCUT2D eigenvalue weighted by Gasteiger charge is -2.22. The molecule has 0 spiro atoms. The molecular weight excluding hydrogens is 360 g/mol. The fourth-order valence-electron chi connectivity index (χ4n) is 3.07. The summed E-state index contributed by atoms with van der Waals surface area (Å²) < 4.78 is 22.8. The van der Waals surface area contributed by atoms with E-state index in [2.05, 4.69) is 10.6 Å². The van der Waals surface area contributed by atoms with Crippen molar-refractivity contribution in [3.8, 4) is 0 Å². The first kappa shape index (κ1) is 18.3. The number of benzene rings is 1. The summed E-state index contributed by atoms with van der Waals surface area (Å²) in [5, 5.41) is 5.58. The first-order chi connectivity index (χ1) is 11.8. The smallest absolute Gasteiger partial charge is 0.251 e. The first-order valence-corrected chi connectivity index (χ1v) is 11.1. The Kier molecular flexibility index (Phi) is 5.38. The van der Waals surface area contributed by atoms with Crippen LogP contribution in [0.15, 0.2) is 23.1 Å². The average Bonchev–Trinajstić information content (AvgIpc) is 2.57. The molecule has 1 aromatic rings. The number of thioether (sulfide) groups is 1. The minimum atomic E-state index is -2.84. The number of nitrogens with one attached hydrogen (secondary N) is 2. The molecule has 2 aliphatic heterocycles. The fourth-order valence-corrected chi connectivity index (χ4v) is 5.59. The first-order valence-electron chi connectivity index (χ1n) is 8.44. The Balaban J connectivity index is 1.52.